The van der Waals surface area contributed by atoms with Crippen molar-refractivity contribution < 1.29 is 4.74 Å². The quantitative estimate of drug-likeness (QED) is 0.426. The van der Waals surface area contributed by atoms with Crippen molar-refractivity contribution in [3.05, 3.63) is 12.3 Å². The topological polar surface area (TPSA) is 88.3 Å². The van der Waals surface area contributed by atoms with Crippen molar-refractivity contribution >= 4 is 11.8 Å². The average molecular weight is 240 g/mol. The molecule has 0 unspecified atom stereocenters. The van der Waals surface area contributed by atoms with Crippen LogP contribution in [-0.2, 0) is 4.74 Å². The third kappa shape index (κ3) is 5.43. The van der Waals surface area contributed by atoms with Crippen LogP contribution < -0.4 is 16.6 Å². The van der Waals surface area contributed by atoms with Gasteiger partial charge in [-0.3, -0.25) is 5.43 Å². The largest absolute Gasteiger partial charge is 0.383 e. The van der Waals surface area contributed by atoms with Crippen molar-refractivity contribution in [1.82, 2.24) is 14.9 Å². The van der Waals surface area contributed by atoms with Crippen LogP contribution in [0.5, 0.6) is 0 Å². The summed E-state index contributed by atoms with van der Waals surface area (Å²) in [5, 5.41) is 3.20. The van der Waals surface area contributed by atoms with Gasteiger partial charge in [0.05, 0.1) is 6.61 Å². The lowest BCUT2D eigenvalue weighted by Gasteiger charge is -2.16. The summed E-state index contributed by atoms with van der Waals surface area (Å²) in [4.78, 5) is 10.3. The second-order valence-electron chi connectivity index (χ2n) is 3.63. The number of nitrogens with two attached hydrogens (primary N) is 1. The summed E-state index contributed by atoms with van der Waals surface area (Å²) in [7, 11) is 3.75. The molecule has 0 aromatic carbocycles. The summed E-state index contributed by atoms with van der Waals surface area (Å²) >= 11 is 0. The highest BCUT2D eigenvalue weighted by molar-refractivity contribution is 5.38. The number of nitrogens with one attached hydrogen (secondary N) is 2. The van der Waals surface area contributed by atoms with Gasteiger partial charge in [-0.2, -0.15) is 4.98 Å². The predicted molar refractivity (Wildman–Crippen MR) is 67.7 cm³/mol. The highest BCUT2D eigenvalue weighted by atomic mass is 16.5. The first-order valence-electron chi connectivity index (χ1n) is 5.47. The Morgan fingerprint density at radius 2 is 2.29 bits per heavy atom. The number of rotatable bonds is 8. The first-order chi connectivity index (χ1) is 8.26. The Labute approximate surface area is 101 Å². The molecule has 1 rings (SSSR count). The number of nitrogen functional groups attached to an aromatic ring is 1. The molecule has 0 bridgehead atoms. The molecule has 0 saturated carbocycles. The van der Waals surface area contributed by atoms with Crippen molar-refractivity contribution in [1.29, 1.82) is 0 Å². The molecule has 0 amide bonds. The number of anilines is 2. The molecule has 0 aliphatic carbocycles. The Morgan fingerprint density at radius 3 is 3.00 bits per heavy atom. The van der Waals surface area contributed by atoms with E-state index in [1.54, 1.807) is 19.4 Å². The molecular weight excluding hydrogens is 220 g/mol. The zero-order valence-electron chi connectivity index (χ0n) is 10.3. The maximum atomic E-state index is 5.23. The van der Waals surface area contributed by atoms with Gasteiger partial charge in [-0.1, -0.05) is 0 Å². The van der Waals surface area contributed by atoms with Gasteiger partial charge in [0.1, 0.15) is 5.82 Å². The molecule has 1 aromatic rings. The van der Waals surface area contributed by atoms with Gasteiger partial charge in [0.2, 0.25) is 5.95 Å². The smallest absolute Gasteiger partial charge is 0.239 e. The van der Waals surface area contributed by atoms with E-state index in [0.717, 1.165) is 32.1 Å². The Bertz CT molecular complexity index is 321. The number of methoxy groups -OCH3 is 1. The maximum Gasteiger partial charge on any atom is 0.239 e. The van der Waals surface area contributed by atoms with E-state index in [9.17, 15) is 0 Å². The van der Waals surface area contributed by atoms with E-state index in [0.29, 0.717) is 5.95 Å². The second-order valence-corrected chi connectivity index (χ2v) is 3.63. The Morgan fingerprint density at radius 1 is 1.47 bits per heavy atom. The van der Waals surface area contributed by atoms with Gasteiger partial charge in [-0.25, -0.2) is 10.8 Å². The fourth-order valence-corrected chi connectivity index (χ4v) is 1.26. The van der Waals surface area contributed by atoms with Crippen LogP contribution in [0.15, 0.2) is 12.3 Å². The molecule has 0 aliphatic heterocycles. The van der Waals surface area contributed by atoms with Crippen LogP contribution in [0, 0.1) is 0 Å². The normalized spacial score (nSPS) is 10.6. The van der Waals surface area contributed by atoms with Gasteiger partial charge in [-0.15, -0.1) is 0 Å². The summed E-state index contributed by atoms with van der Waals surface area (Å²) in [5.41, 5.74) is 2.41. The zero-order valence-corrected chi connectivity index (χ0v) is 10.3. The van der Waals surface area contributed by atoms with E-state index < -0.39 is 0 Å². The average Bonchev–Trinajstić information content (AvgIpc) is 2.36. The Hall–Kier alpha value is -1.44. The lowest BCUT2D eigenvalue weighted by Crippen LogP contribution is -2.28. The molecule has 1 heterocycles. The van der Waals surface area contributed by atoms with E-state index in [2.05, 4.69) is 25.6 Å². The minimum atomic E-state index is 0.405. The molecule has 7 heteroatoms. The number of hydrazine groups is 1. The highest BCUT2D eigenvalue weighted by Crippen LogP contribution is 2.03. The fraction of sp³-hybridized carbons (Fsp3) is 0.600. The first kappa shape index (κ1) is 13.6. The lowest BCUT2D eigenvalue weighted by molar-refractivity contribution is 0.163. The van der Waals surface area contributed by atoms with Gasteiger partial charge in [0.25, 0.3) is 0 Å². The van der Waals surface area contributed by atoms with E-state index in [1.165, 1.54) is 0 Å². The summed E-state index contributed by atoms with van der Waals surface area (Å²) in [6.45, 7) is 3.38. The van der Waals surface area contributed by atoms with Crippen molar-refractivity contribution in [2.45, 2.75) is 0 Å². The van der Waals surface area contributed by atoms with Crippen molar-refractivity contribution in [2.24, 2.45) is 5.84 Å². The second kappa shape index (κ2) is 7.77. The van der Waals surface area contributed by atoms with Gasteiger partial charge < -0.3 is 15.0 Å². The minimum Gasteiger partial charge on any atom is -0.383 e. The molecule has 1 aromatic heterocycles. The van der Waals surface area contributed by atoms with Crippen molar-refractivity contribution in [3.8, 4) is 0 Å². The van der Waals surface area contributed by atoms with Crippen molar-refractivity contribution in [2.75, 3.05) is 51.1 Å². The lowest BCUT2D eigenvalue weighted by atomic mass is 10.5. The molecule has 0 fully saturated rings. The van der Waals surface area contributed by atoms with Gasteiger partial charge >= 0.3 is 0 Å². The molecular formula is C10H20N6O. The number of hydrogen-bond donors (Lipinski definition) is 3. The van der Waals surface area contributed by atoms with Crippen molar-refractivity contribution in [3.63, 3.8) is 0 Å². The number of aromatic nitrogens is 2. The van der Waals surface area contributed by atoms with Crippen LogP contribution in [0.3, 0.4) is 0 Å². The SMILES string of the molecule is COCCN(C)CCNc1ccnc(NN)n1. The van der Waals surface area contributed by atoms with Gasteiger partial charge in [0, 0.05) is 32.9 Å². The molecule has 0 aliphatic rings. The summed E-state index contributed by atoms with van der Waals surface area (Å²) in [6.07, 6.45) is 1.65. The van der Waals surface area contributed by atoms with Crippen LogP contribution in [0.2, 0.25) is 0 Å². The molecule has 96 valence electrons. The van der Waals surface area contributed by atoms with Gasteiger partial charge in [0.15, 0.2) is 0 Å². The Kier molecular flexibility index (Phi) is 6.23. The first-order valence-corrected chi connectivity index (χ1v) is 5.47. The van der Waals surface area contributed by atoms with Crippen LogP contribution in [0.25, 0.3) is 0 Å². The molecule has 0 saturated heterocycles. The molecule has 7 nitrogen and oxygen atoms in total. The monoisotopic (exact) mass is 240 g/mol. The third-order valence-corrected chi connectivity index (χ3v) is 2.26. The number of likely N-dealkylation sites (N-methyl/N-ethyl adjacent to an activating group) is 1. The summed E-state index contributed by atoms with van der Waals surface area (Å²) in [5.74, 6) is 6.39. The molecule has 17 heavy (non-hydrogen) atoms. The van der Waals surface area contributed by atoms with Gasteiger partial charge in [-0.05, 0) is 13.1 Å². The van der Waals surface area contributed by atoms with Crippen LogP contribution in [-0.4, -0.2) is 55.3 Å². The van der Waals surface area contributed by atoms with E-state index in [4.69, 9.17) is 10.6 Å². The Balaban J connectivity index is 2.25. The molecule has 0 radical (unpaired) electrons. The molecule has 0 atom stereocenters. The molecule has 0 spiro atoms. The van der Waals surface area contributed by atoms with E-state index in [1.807, 2.05) is 7.05 Å². The van der Waals surface area contributed by atoms with Crippen LogP contribution in [0.1, 0.15) is 0 Å². The third-order valence-electron chi connectivity index (χ3n) is 2.26. The van der Waals surface area contributed by atoms with E-state index in [-0.39, 0.29) is 0 Å². The number of nitrogens with zero attached hydrogens (tertiary/aromatic N) is 3. The standard InChI is InChI=1S/C10H20N6O/c1-16(7-8-17-2)6-5-12-9-3-4-13-10(14-9)15-11/h3-4H,5-8,11H2,1-2H3,(H2,12,13,14,15). The number of hydrogen-bond acceptors (Lipinski definition) is 7. The summed E-state index contributed by atoms with van der Waals surface area (Å²) in [6, 6.07) is 1.80. The maximum absolute atomic E-state index is 5.23. The summed E-state index contributed by atoms with van der Waals surface area (Å²) < 4.78 is 5.00. The highest BCUT2D eigenvalue weighted by Gasteiger charge is 1.99. The van der Waals surface area contributed by atoms with Crippen LogP contribution in [0.4, 0.5) is 11.8 Å². The predicted octanol–water partition coefficient (Wildman–Crippen LogP) is -0.248. The van der Waals surface area contributed by atoms with E-state index >= 15 is 0 Å². The minimum absolute atomic E-state index is 0.405. The molecule has 4 N–H and O–H groups in total. The fourth-order valence-electron chi connectivity index (χ4n) is 1.26. The number of ether oxygens (including phenoxy) is 1. The zero-order chi connectivity index (χ0) is 12.5. The van der Waals surface area contributed by atoms with Crippen LogP contribution >= 0.6 is 0 Å².